The zero-order valence-corrected chi connectivity index (χ0v) is 22.3. The van der Waals surface area contributed by atoms with Gasteiger partial charge in [-0.25, -0.2) is 17.2 Å². The van der Waals surface area contributed by atoms with E-state index in [0.717, 1.165) is 31.0 Å². The van der Waals surface area contributed by atoms with Crippen molar-refractivity contribution >= 4 is 21.8 Å². The van der Waals surface area contributed by atoms with E-state index in [1.165, 1.54) is 4.31 Å². The minimum absolute atomic E-state index is 0.0000917. The van der Waals surface area contributed by atoms with Crippen LogP contribution >= 0.6 is 0 Å². The lowest BCUT2D eigenvalue weighted by Crippen LogP contribution is -2.62. The van der Waals surface area contributed by atoms with Crippen molar-refractivity contribution in [1.82, 2.24) is 19.8 Å². The molecule has 1 aromatic rings. The zero-order chi connectivity index (χ0) is 27.2. The van der Waals surface area contributed by atoms with Gasteiger partial charge in [0.25, 0.3) is 0 Å². The van der Waals surface area contributed by atoms with Crippen molar-refractivity contribution in [3.63, 3.8) is 0 Å². The third-order valence-electron chi connectivity index (χ3n) is 6.92. The second kappa shape index (κ2) is 13.1. The lowest BCUT2D eigenvalue weighted by molar-refractivity contribution is -0.129. The van der Waals surface area contributed by atoms with Crippen molar-refractivity contribution in [2.45, 2.75) is 64.1 Å². The van der Waals surface area contributed by atoms with Gasteiger partial charge < -0.3 is 20.6 Å². The van der Waals surface area contributed by atoms with Gasteiger partial charge in [0, 0.05) is 51.3 Å². The monoisotopic (exact) mass is 544 g/mol. The van der Waals surface area contributed by atoms with Gasteiger partial charge in [-0.1, -0.05) is 20.3 Å². The summed E-state index contributed by atoms with van der Waals surface area (Å²) in [7, 11) is -3.50. The first-order valence-corrected chi connectivity index (χ1v) is 14.6. The fraction of sp³-hybridized carbons (Fsp3) is 0.680. The molecule has 2 saturated heterocycles. The van der Waals surface area contributed by atoms with Crippen LogP contribution < -0.4 is 10.6 Å². The van der Waals surface area contributed by atoms with Crippen molar-refractivity contribution in [2.24, 2.45) is 5.92 Å². The maximum absolute atomic E-state index is 13.9. The molecule has 2 fully saturated rings. The van der Waals surface area contributed by atoms with E-state index >= 15 is 0 Å². The molecule has 9 nitrogen and oxygen atoms in total. The predicted octanol–water partition coefficient (Wildman–Crippen LogP) is 1.02. The number of unbranched alkanes of at least 4 members (excludes halogenated alkanes) is 1. The van der Waals surface area contributed by atoms with Gasteiger partial charge >= 0.3 is 0 Å². The molecule has 3 N–H and O–H groups in total. The first-order valence-electron chi connectivity index (χ1n) is 13.0. The molecule has 0 radical (unpaired) electrons. The highest BCUT2D eigenvalue weighted by Gasteiger charge is 2.39. The number of aliphatic hydroxyl groups excluding tert-OH is 1. The molecule has 208 valence electrons. The van der Waals surface area contributed by atoms with Crippen molar-refractivity contribution in [3.8, 4) is 0 Å². The van der Waals surface area contributed by atoms with Gasteiger partial charge in [-0.05, 0) is 37.0 Å². The van der Waals surface area contributed by atoms with Gasteiger partial charge in [-0.3, -0.25) is 9.59 Å². The number of halogens is 2. The van der Waals surface area contributed by atoms with Gasteiger partial charge in [-0.15, -0.1) is 0 Å². The van der Waals surface area contributed by atoms with E-state index in [1.54, 1.807) is 11.8 Å². The Morgan fingerprint density at radius 1 is 1.19 bits per heavy atom. The number of carbonyl (C=O) groups excluding carboxylic acids is 2. The number of carbonyl (C=O) groups is 2. The summed E-state index contributed by atoms with van der Waals surface area (Å²) in [6.07, 6.45) is 0.914. The van der Waals surface area contributed by atoms with Gasteiger partial charge in [0.1, 0.15) is 11.6 Å². The van der Waals surface area contributed by atoms with E-state index in [2.05, 4.69) is 10.6 Å². The van der Waals surface area contributed by atoms with Crippen LogP contribution in [0.1, 0.15) is 45.1 Å². The van der Waals surface area contributed by atoms with E-state index in [0.29, 0.717) is 19.5 Å². The number of hydrogen-bond acceptors (Lipinski definition) is 6. The van der Waals surface area contributed by atoms with E-state index in [4.69, 9.17) is 0 Å². The maximum Gasteiger partial charge on any atom is 0.225 e. The van der Waals surface area contributed by atoms with Crippen LogP contribution in [0.25, 0.3) is 0 Å². The highest BCUT2D eigenvalue weighted by Crippen LogP contribution is 2.21. The first-order chi connectivity index (χ1) is 17.5. The molecule has 2 heterocycles. The van der Waals surface area contributed by atoms with E-state index < -0.39 is 51.7 Å². The van der Waals surface area contributed by atoms with Crippen molar-refractivity contribution < 1.29 is 31.9 Å². The lowest BCUT2D eigenvalue weighted by Gasteiger charge is -2.38. The lowest BCUT2D eigenvalue weighted by atomic mass is 9.94. The van der Waals surface area contributed by atoms with Crippen molar-refractivity contribution in [1.29, 1.82) is 0 Å². The van der Waals surface area contributed by atoms with Crippen LogP contribution in [0.4, 0.5) is 8.78 Å². The van der Waals surface area contributed by atoms with E-state index in [9.17, 15) is 31.9 Å². The highest BCUT2D eigenvalue weighted by atomic mass is 32.2. The minimum atomic E-state index is -3.50. The van der Waals surface area contributed by atoms with Crippen LogP contribution in [-0.2, 0) is 26.0 Å². The molecule has 0 bridgehead atoms. The smallest absolute Gasteiger partial charge is 0.225 e. The van der Waals surface area contributed by atoms with Crippen LogP contribution in [0.5, 0.6) is 0 Å². The van der Waals surface area contributed by atoms with Crippen LogP contribution in [-0.4, -0.2) is 91.2 Å². The molecule has 3 rings (SSSR count). The molecule has 0 aliphatic carbocycles. The Kier molecular flexibility index (Phi) is 10.4. The average molecular weight is 545 g/mol. The van der Waals surface area contributed by atoms with E-state index in [-0.39, 0.29) is 49.7 Å². The number of sulfonamides is 1. The molecule has 2 aliphatic rings. The van der Waals surface area contributed by atoms with Gasteiger partial charge in [0.15, 0.2) is 0 Å². The fourth-order valence-electron chi connectivity index (χ4n) is 4.95. The highest BCUT2D eigenvalue weighted by molar-refractivity contribution is 7.89. The summed E-state index contributed by atoms with van der Waals surface area (Å²) < 4.78 is 54.3. The number of likely N-dealkylation sites (tertiary alicyclic amines) is 1. The van der Waals surface area contributed by atoms with Crippen LogP contribution in [0.2, 0.25) is 0 Å². The molecule has 2 amide bonds. The minimum Gasteiger partial charge on any atom is -0.389 e. The van der Waals surface area contributed by atoms with Crippen LogP contribution in [0, 0.1) is 17.6 Å². The number of nitrogens with zero attached hydrogens (tertiary/aromatic N) is 2. The number of aliphatic hydroxyl groups is 1. The number of amides is 2. The summed E-state index contributed by atoms with van der Waals surface area (Å²) >= 11 is 0. The van der Waals surface area contributed by atoms with Crippen LogP contribution in [0.3, 0.4) is 0 Å². The van der Waals surface area contributed by atoms with Crippen LogP contribution in [0.15, 0.2) is 18.2 Å². The topological polar surface area (TPSA) is 119 Å². The van der Waals surface area contributed by atoms with Crippen molar-refractivity contribution in [3.05, 3.63) is 35.4 Å². The zero-order valence-electron chi connectivity index (χ0n) is 21.5. The standard InChI is InChI=1S/C25H38F2N4O5S/c1-3-5-7-30-15-18(13-23(30)32)25(34)29-21(12-17-10-19(26)14-20(27)11-17)24(33)22-16-31(8-6-28-22)37(35,36)9-4-2/h10-11,14,18,21-22,24,28,33H,3-9,12-13,15-16H2,1-2H3,(H,29,34)/t18?,21?,22-,24+/m1/s1. The third-order valence-corrected chi connectivity index (χ3v) is 8.96. The molecule has 0 saturated carbocycles. The Morgan fingerprint density at radius 2 is 1.89 bits per heavy atom. The third kappa shape index (κ3) is 7.92. The van der Waals surface area contributed by atoms with Gasteiger partial charge in [0.2, 0.25) is 21.8 Å². The molecule has 0 spiro atoms. The average Bonchev–Trinajstić information content (AvgIpc) is 3.21. The quantitative estimate of drug-likeness (QED) is 0.362. The maximum atomic E-state index is 13.9. The summed E-state index contributed by atoms with van der Waals surface area (Å²) in [5, 5.41) is 17.2. The Morgan fingerprint density at radius 3 is 2.54 bits per heavy atom. The molecule has 4 atom stereocenters. The largest absolute Gasteiger partial charge is 0.389 e. The summed E-state index contributed by atoms with van der Waals surface area (Å²) in [5.41, 5.74) is 0.236. The Balaban J connectivity index is 1.78. The predicted molar refractivity (Wildman–Crippen MR) is 135 cm³/mol. The molecule has 0 aromatic heterocycles. The molecule has 2 aliphatic heterocycles. The van der Waals surface area contributed by atoms with E-state index in [1.807, 2.05) is 6.92 Å². The van der Waals surface area contributed by atoms with Crippen molar-refractivity contribution in [2.75, 3.05) is 38.5 Å². The number of piperazine rings is 1. The summed E-state index contributed by atoms with van der Waals surface area (Å²) in [4.78, 5) is 27.2. The molecular weight excluding hydrogens is 506 g/mol. The number of nitrogens with one attached hydrogen (secondary N) is 2. The molecule has 12 heteroatoms. The fourth-order valence-corrected chi connectivity index (χ4v) is 6.48. The summed E-state index contributed by atoms with van der Waals surface area (Å²) in [5.74, 6) is -2.72. The normalized spacial score (nSPS) is 22.7. The molecule has 2 unspecified atom stereocenters. The first kappa shape index (κ1) is 29.4. The summed E-state index contributed by atoms with van der Waals surface area (Å²) in [6.45, 7) is 5.19. The Bertz CT molecular complexity index is 1040. The van der Waals surface area contributed by atoms with Gasteiger partial charge in [-0.2, -0.15) is 4.31 Å². The second-order valence-corrected chi connectivity index (χ2v) is 12.0. The molecule has 37 heavy (non-hydrogen) atoms. The number of rotatable bonds is 12. The number of hydrogen-bond donors (Lipinski definition) is 3. The summed E-state index contributed by atoms with van der Waals surface area (Å²) in [6, 6.07) is 1.32. The SMILES string of the molecule is CCCCN1CC(C(=O)NC(Cc2cc(F)cc(F)c2)[C@H](O)[C@H]2CN(S(=O)(=O)CCC)CCN2)CC1=O. The molecular formula is C25H38F2N4O5S. The second-order valence-electron chi connectivity index (χ2n) is 9.92. The Labute approximate surface area is 217 Å². The Hall–Kier alpha value is -2.15. The number of benzene rings is 1. The van der Waals surface area contributed by atoms with Gasteiger partial charge in [0.05, 0.1) is 23.8 Å². The molecule has 1 aromatic carbocycles.